The Morgan fingerprint density at radius 1 is 1.19 bits per heavy atom. The van der Waals surface area contributed by atoms with Gasteiger partial charge in [0.05, 0.1) is 12.2 Å². The van der Waals surface area contributed by atoms with Crippen molar-refractivity contribution in [2.75, 3.05) is 11.9 Å². The van der Waals surface area contributed by atoms with Crippen molar-refractivity contribution in [1.82, 2.24) is 9.88 Å². The summed E-state index contributed by atoms with van der Waals surface area (Å²) in [5, 5.41) is 3.20. The van der Waals surface area contributed by atoms with Gasteiger partial charge < -0.3 is 14.1 Å². The molecule has 0 unspecified atom stereocenters. The summed E-state index contributed by atoms with van der Waals surface area (Å²) in [7, 11) is 0. The van der Waals surface area contributed by atoms with E-state index in [1.165, 1.54) is 23.5 Å². The Hall–Kier alpha value is -3.20. The number of carbonyl (C=O) groups is 2. The summed E-state index contributed by atoms with van der Waals surface area (Å²) in [5.41, 5.74) is 0.985. The molecule has 0 atom stereocenters. The molecule has 1 N–H and O–H groups in total. The molecule has 0 radical (unpaired) electrons. The monoisotopic (exact) mass is 443 g/mol. The molecule has 0 saturated carbocycles. The Balaban J connectivity index is 1.42. The van der Waals surface area contributed by atoms with Crippen LogP contribution in [0, 0.1) is 5.82 Å². The molecule has 2 amide bonds. The first-order valence-electron chi connectivity index (χ1n) is 9.81. The first kappa shape index (κ1) is 21.0. The van der Waals surface area contributed by atoms with Gasteiger partial charge in [-0.15, -0.1) is 0 Å². The molecule has 31 heavy (non-hydrogen) atoms. The van der Waals surface area contributed by atoms with Crippen molar-refractivity contribution < 1.29 is 23.1 Å². The van der Waals surface area contributed by atoms with E-state index in [9.17, 15) is 14.0 Å². The number of furan rings is 1. The van der Waals surface area contributed by atoms with Crippen LogP contribution in [0.1, 0.15) is 41.9 Å². The third-order valence-electron chi connectivity index (χ3n) is 4.56. The van der Waals surface area contributed by atoms with Crippen LogP contribution < -0.4 is 5.32 Å². The second-order valence-electron chi connectivity index (χ2n) is 8.17. The molecule has 1 aliphatic heterocycles. The van der Waals surface area contributed by atoms with Crippen LogP contribution in [0.15, 0.2) is 40.8 Å². The van der Waals surface area contributed by atoms with Gasteiger partial charge in [-0.3, -0.25) is 10.1 Å². The Labute approximate surface area is 182 Å². The number of hydrogen-bond acceptors (Lipinski definition) is 6. The Morgan fingerprint density at radius 3 is 2.65 bits per heavy atom. The molecule has 0 saturated heterocycles. The van der Waals surface area contributed by atoms with Crippen LogP contribution in [0.3, 0.4) is 0 Å². The Morgan fingerprint density at radius 2 is 1.94 bits per heavy atom. The number of carbonyl (C=O) groups excluding carboxylic acids is 2. The first-order chi connectivity index (χ1) is 14.7. The van der Waals surface area contributed by atoms with Crippen LogP contribution in [0.4, 0.5) is 14.3 Å². The SMILES string of the molecule is CC(C)(C)OC(=O)N1CCc2nc(NC(=O)c3ccc(-c4ccc(F)cc4)o3)sc2C1. The maximum absolute atomic E-state index is 13.1. The standard InChI is InChI=1S/C22H22FN3O4S/c1-22(2,3)30-21(28)26-11-10-15-18(12-26)31-20(24-15)25-19(27)17-9-8-16(29-17)13-4-6-14(23)7-5-13/h4-9H,10-12H2,1-3H3,(H,24,25,27). The van der Waals surface area contributed by atoms with E-state index in [0.29, 0.717) is 36.0 Å². The van der Waals surface area contributed by atoms with E-state index in [1.807, 2.05) is 20.8 Å². The highest BCUT2D eigenvalue weighted by atomic mass is 32.1. The van der Waals surface area contributed by atoms with E-state index in [4.69, 9.17) is 9.15 Å². The fourth-order valence-corrected chi connectivity index (χ4v) is 4.14. The van der Waals surface area contributed by atoms with Gasteiger partial charge in [0.2, 0.25) is 0 Å². The average molecular weight is 444 g/mol. The molecule has 0 spiro atoms. The number of fused-ring (bicyclic) bond motifs is 1. The smallest absolute Gasteiger partial charge is 0.410 e. The van der Waals surface area contributed by atoms with Crippen molar-refractivity contribution in [3.05, 3.63) is 58.5 Å². The van der Waals surface area contributed by atoms with E-state index in [-0.39, 0.29) is 17.7 Å². The summed E-state index contributed by atoms with van der Waals surface area (Å²) in [4.78, 5) is 31.9. The molecule has 7 nitrogen and oxygen atoms in total. The quantitative estimate of drug-likeness (QED) is 0.610. The van der Waals surface area contributed by atoms with Gasteiger partial charge in [0, 0.05) is 23.4 Å². The minimum absolute atomic E-state index is 0.128. The van der Waals surface area contributed by atoms with Gasteiger partial charge >= 0.3 is 6.09 Å². The van der Waals surface area contributed by atoms with Gasteiger partial charge in [-0.2, -0.15) is 0 Å². The summed E-state index contributed by atoms with van der Waals surface area (Å²) < 4.78 is 24.1. The largest absolute Gasteiger partial charge is 0.451 e. The van der Waals surface area contributed by atoms with Crippen molar-refractivity contribution in [1.29, 1.82) is 0 Å². The summed E-state index contributed by atoms with van der Waals surface area (Å²) in [5.74, 6) is -0.172. The number of thiazole rings is 1. The van der Waals surface area contributed by atoms with Crippen LogP contribution in [0.2, 0.25) is 0 Å². The van der Waals surface area contributed by atoms with Crippen LogP contribution in [0.5, 0.6) is 0 Å². The van der Waals surface area contributed by atoms with Crippen LogP contribution >= 0.6 is 11.3 Å². The van der Waals surface area contributed by atoms with Gasteiger partial charge in [-0.25, -0.2) is 14.2 Å². The molecule has 162 valence electrons. The van der Waals surface area contributed by atoms with Crippen LogP contribution in [-0.2, 0) is 17.7 Å². The van der Waals surface area contributed by atoms with Gasteiger partial charge in [-0.1, -0.05) is 11.3 Å². The number of nitrogens with zero attached hydrogens (tertiary/aromatic N) is 2. The zero-order valence-corrected chi connectivity index (χ0v) is 18.2. The molecule has 3 aromatic rings. The number of aromatic nitrogens is 1. The van der Waals surface area contributed by atoms with Crippen molar-refractivity contribution in [2.45, 2.75) is 39.3 Å². The van der Waals surface area contributed by atoms with Gasteiger partial charge in [0.15, 0.2) is 10.9 Å². The Kier molecular flexibility index (Phi) is 5.53. The molecular formula is C22H22FN3O4S. The number of rotatable bonds is 3. The van der Waals surface area contributed by atoms with E-state index < -0.39 is 11.5 Å². The molecule has 3 heterocycles. The van der Waals surface area contributed by atoms with Gasteiger partial charge in [-0.05, 0) is 57.2 Å². The second-order valence-corrected chi connectivity index (χ2v) is 9.25. The molecule has 1 aliphatic rings. The van der Waals surface area contributed by atoms with E-state index in [2.05, 4.69) is 10.3 Å². The summed E-state index contributed by atoms with van der Waals surface area (Å²) in [6, 6.07) is 9.05. The third-order valence-corrected chi connectivity index (χ3v) is 5.56. The number of benzene rings is 1. The van der Waals surface area contributed by atoms with E-state index in [1.54, 1.807) is 29.2 Å². The predicted molar refractivity (Wildman–Crippen MR) is 115 cm³/mol. The third kappa shape index (κ3) is 4.93. The average Bonchev–Trinajstić information content (AvgIpc) is 3.33. The molecule has 2 aromatic heterocycles. The summed E-state index contributed by atoms with van der Waals surface area (Å²) >= 11 is 1.33. The normalized spacial score (nSPS) is 13.6. The number of anilines is 1. The molecule has 0 fully saturated rings. The lowest BCUT2D eigenvalue weighted by atomic mass is 10.2. The van der Waals surface area contributed by atoms with E-state index >= 15 is 0 Å². The predicted octanol–water partition coefficient (Wildman–Crippen LogP) is 5.09. The fourth-order valence-electron chi connectivity index (χ4n) is 3.12. The second kappa shape index (κ2) is 8.14. The van der Waals surface area contributed by atoms with Crippen molar-refractivity contribution in [2.24, 2.45) is 0 Å². The highest BCUT2D eigenvalue weighted by molar-refractivity contribution is 7.15. The maximum Gasteiger partial charge on any atom is 0.410 e. The van der Waals surface area contributed by atoms with Crippen molar-refractivity contribution >= 4 is 28.5 Å². The lowest BCUT2D eigenvalue weighted by molar-refractivity contribution is 0.0225. The van der Waals surface area contributed by atoms with Crippen molar-refractivity contribution in [3.63, 3.8) is 0 Å². The molecule has 1 aromatic carbocycles. The van der Waals surface area contributed by atoms with Gasteiger partial charge in [0.1, 0.15) is 17.2 Å². The molecule has 0 aliphatic carbocycles. The summed E-state index contributed by atoms with van der Waals surface area (Å²) in [6.45, 7) is 6.40. The van der Waals surface area contributed by atoms with Crippen molar-refractivity contribution in [3.8, 4) is 11.3 Å². The topological polar surface area (TPSA) is 84.7 Å². The zero-order valence-electron chi connectivity index (χ0n) is 17.4. The lowest BCUT2D eigenvalue weighted by Gasteiger charge is -2.29. The number of halogens is 1. The molecule has 4 rings (SSSR count). The van der Waals surface area contributed by atoms with E-state index in [0.717, 1.165) is 10.6 Å². The molecule has 9 heteroatoms. The van der Waals surface area contributed by atoms with Crippen LogP contribution in [0.25, 0.3) is 11.3 Å². The number of hydrogen-bond donors (Lipinski definition) is 1. The number of amides is 2. The maximum atomic E-state index is 13.1. The summed E-state index contributed by atoms with van der Waals surface area (Å²) in [6.07, 6.45) is 0.234. The first-order valence-corrected chi connectivity index (χ1v) is 10.6. The fraction of sp³-hybridized carbons (Fsp3) is 0.318. The Bertz CT molecular complexity index is 1110. The minimum Gasteiger partial charge on any atom is -0.451 e. The number of ether oxygens (including phenoxy) is 1. The lowest BCUT2D eigenvalue weighted by Crippen LogP contribution is -2.39. The highest BCUT2D eigenvalue weighted by Gasteiger charge is 2.28. The molecule has 0 bridgehead atoms. The minimum atomic E-state index is -0.556. The molecular weight excluding hydrogens is 421 g/mol. The van der Waals surface area contributed by atoms with Gasteiger partial charge in [0.25, 0.3) is 5.91 Å². The zero-order chi connectivity index (χ0) is 22.2. The highest BCUT2D eigenvalue weighted by Crippen LogP contribution is 2.30. The van der Waals surface area contributed by atoms with Crippen LogP contribution in [-0.4, -0.2) is 34.0 Å². The number of nitrogens with one attached hydrogen (secondary N) is 1.